The molecule has 6 rings (SSSR count). The van der Waals surface area contributed by atoms with Crippen LogP contribution in [0.25, 0.3) is 10.8 Å². The summed E-state index contributed by atoms with van der Waals surface area (Å²) in [6, 6.07) is 27.5. The van der Waals surface area contributed by atoms with E-state index < -0.39 is 13.2 Å². The minimum Gasteiger partial charge on any atom is -0.505 e. The van der Waals surface area contributed by atoms with Gasteiger partial charge in [0.05, 0.1) is 44.5 Å². The van der Waals surface area contributed by atoms with Crippen LogP contribution in [0.3, 0.4) is 0 Å². The molecule has 0 amide bonds. The molecule has 0 aliphatic heterocycles. The number of methoxy groups -OCH3 is 2. The van der Waals surface area contributed by atoms with Crippen LogP contribution >= 0.6 is 0 Å². The molecule has 6 N–H and O–H groups in total. The number of aliphatic hydroxyl groups is 2. The Balaban J connectivity index is 1.22. The fourth-order valence-electron chi connectivity index (χ4n) is 5.72. The van der Waals surface area contributed by atoms with Crippen LogP contribution in [0.2, 0.25) is 0 Å². The lowest BCUT2D eigenvalue weighted by Crippen LogP contribution is -1.92. The minimum absolute atomic E-state index is 0.0227. The number of anilines is 1. The van der Waals surface area contributed by atoms with Gasteiger partial charge in [0.15, 0.2) is 17.2 Å². The molecule has 0 saturated heterocycles. The number of carbonyl (C=O) groups excluding carboxylic acids is 1. The van der Waals surface area contributed by atoms with Crippen LogP contribution in [0.4, 0.5) is 39.8 Å². The van der Waals surface area contributed by atoms with Crippen molar-refractivity contribution in [3.63, 3.8) is 0 Å². The number of nitrogen functional groups attached to an aromatic ring is 1. The molecule has 0 aliphatic carbocycles. The SMILES string of the molecule is COc1cc(N=Nc2ccc(O)c(OC=O)c2)c(CO)cc1N=Nc1cc(OC)c(N=Nc2ccc3cc(CCc4ccc(N)cc4)ccc3c2O)cc1CO. The highest BCUT2D eigenvalue weighted by molar-refractivity contribution is 5.92. The van der Waals surface area contributed by atoms with Crippen molar-refractivity contribution in [1.82, 2.24) is 0 Å². The summed E-state index contributed by atoms with van der Waals surface area (Å²) in [5.74, 6) is 0.166. The summed E-state index contributed by atoms with van der Waals surface area (Å²) in [7, 11) is 2.87. The van der Waals surface area contributed by atoms with E-state index in [1.807, 2.05) is 48.5 Å². The zero-order chi connectivity index (χ0) is 39.6. The number of hydrogen-bond donors (Lipinski definition) is 5. The Labute approximate surface area is 320 Å². The normalized spacial score (nSPS) is 11.6. The molecule has 0 fully saturated rings. The molecule has 15 nitrogen and oxygen atoms in total. The van der Waals surface area contributed by atoms with E-state index in [0.29, 0.717) is 16.5 Å². The first-order chi connectivity index (χ1) is 27.2. The van der Waals surface area contributed by atoms with Crippen molar-refractivity contribution in [2.75, 3.05) is 20.0 Å². The number of carbonyl (C=O) groups is 1. The molecular formula is C41H37N7O8. The topological polar surface area (TPSA) is 226 Å². The molecule has 0 unspecified atom stereocenters. The summed E-state index contributed by atoms with van der Waals surface area (Å²) in [5.41, 5.74) is 11.1. The van der Waals surface area contributed by atoms with Crippen molar-refractivity contribution in [2.45, 2.75) is 26.1 Å². The first kappa shape index (κ1) is 38.5. The summed E-state index contributed by atoms with van der Waals surface area (Å²) in [4.78, 5) is 10.7. The fourth-order valence-corrected chi connectivity index (χ4v) is 5.72. The fraction of sp³-hybridized carbons (Fsp3) is 0.146. The third-order valence-corrected chi connectivity index (χ3v) is 8.74. The quantitative estimate of drug-likeness (QED) is 0.0381. The Morgan fingerprint density at radius 2 is 1.16 bits per heavy atom. The number of azo groups is 3. The van der Waals surface area contributed by atoms with Crippen LogP contribution in [0.5, 0.6) is 28.7 Å². The van der Waals surface area contributed by atoms with Crippen molar-refractivity contribution >= 4 is 57.1 Å². The van der Waals surface area contributed by atoms with E-state index in [-0.39, 0.29) is 69.3 Å². The Bertz CT molecular complexity index is 2470. The Hall–Kier alpha value is -7.23. The lowest BCUT2D eigenvalue weighted by Gasteiger charge is -2.10. The van der Waals surface area contributed by atoms with Crippen LogP contribution in [0.15, 0.2) is 128 Å². The second-order valence-corrected chi connectivity index (χ2v) is 12.3. The van der Waals surface area contributed by atoms with E-state index in [4.69, 9.17) is 19.9 Å². The maximum atomic E-state index is 11.1. The van der Waals surface area contributed by atoms with Crippen molar-refractivity contribution in [2.24, 2.45) is 30.7 Å². The van der Waals surface area contributed by atoms with E-state index >= 15 is 0 Å². The lowest BCUT2D eigenvalue weighted by atomic mass is 10.0. The zero-order valence-electron chi connectivity index (χ0n) is 30.3. The highest BCUT2D eigenvalue weighted by atomic mass is 16.5. The Morgan fingerprint density at radius 1 is 0.589 bits per heavy atom. The number of nitrogens with zero attached hydrogens (tertiary/aromatic N) is 6. The van der Waals surface area contributed by atoms with E-state index in [1.165, 1.54) is 56.2 Å². The van der Waals surface area contributed by atoms with Gasteiger partial charge in [-0.25, -0.2) is 0 Å². The van der Waals surface area contributed by atoms with E-state index in [1.54, 1.807) is 12.1 Å². The van der Waals surface area contributed by atoms with Crippen molar-refractivity contribution in [1.29, 1.82) is 0 Å². The maximum absolute atomic E-state index is 11.1. The van der Waals surface area contributed by atoms with Crippen molar-refractivity contribution < 1.29 is 39.4 Å². The summed E-state index contributed by atoms with van der Waals surface area (Å²) in [6.07, 6.45) is 1.68. The number of aliphatic hydroxyl groups excluding tert-OH is 2. The zero-order valence-corrected chi connectivity index (χ0v) is 30.3. The van der Waals surface area contributed by atoms with Gasteiger partial charge >= 0.3 is 0 Å². The standard InChI is InChI=1S/C41H37N7O8/c1-54-38-19-33(45-43-30-11-14-37(52)40(18-30)56-23-51)27(21-49)16-36(38)48-46-34-20-39(55-2)35(17-28(34)22-50)47-44-32-13-8-26-15-25(7-12-31(26)41(32)53)4-3-24-5-9-29(42)10-6-24/h5-20,23,49-50,52-53H,3-4,21-22,42H2,1-2H3. The highest BCUT2D eigenvalue weighted by Crippen LogP contribution is 2.42. The van der Waals surface area contributed by atoms with Crippen LogP contribution in [0, 0.1) is 0 Å². The second kappa shape index (κ2) is 17.7. The number of fused-ring (bicyclic) bond motifs is 1. The number of aromatic hydroxyl groups is 2. The highest BCUT2D eigenvalue weighted by Gasteiger charge is 2.15. The molecule has 56 heavy (non-hydrogen) atoms. The van der Waals surface area contributed by atoms with Gasteiger partial charge in [-0.15, -0.1) is 20.5 Å². The van der Waals surface area contributed by atoms with Gasteiger partial charge in [0.2, 0.25) is 0 Å². The summed E-state index contributed by atoms with van der Waals surface area (Å²) in [5, 5.41) is 68.3. The van der Waals surface area contributed by atoms with E-state index in [0.717, 1.165) is 29.5 Å². The van der Waals surface area contributed by atoms with Gasteiger partial charge in [0, 0.05) is 40.4 Å². The van der Waals surface area contributed by atoms with Gasteiger partial charge in [0.25, 0.3) is 6.47 Å². The number of ether oxygens (including phenoxy) is 3. The average Bonchev–Trinajstić information content (AvgIpc) is 3.22. The second-order valence-electron chi connectivity index (χ2n) is 12.3. The Kier molecular flexibility index (Phi) is 12.2. The molecule has 0 aromatic heterocycles. The van der Waals surface area contributed by atoms with Crippen LogP contribution in [0.1, 0.15) is 22.3 Å². The molecule has 284 valence electrons. The predicted octanol–water partition coefficient (Wildman–Crippen LogP) is 9.40. The number of phenols is 2. The van der Waals surface area contributed by atoms with E-state index in [9.17, 15) is 25.2 Å². The molecule has 0 aliphatic rings. The van der Waals surface area contributed by atoms with Crippen LogP contribution in [-0.4, -0.2) is 41.1 Å². The number of nitrogens with two attached hydrogens (primary N) is 1. The number of benzene rings is 6. The molecule has 0 radical (unpaired) electrons. The van der Waals surface area contributed by atoms with Crippen LogP contribution in [-0.2, 0) is 30.8 Å². The first-order valence-electron chi connectivity index (χ1n) is 17.1. The van der Waals surface area contributed by atoms with Gasteiger partial charge < -0.3 is 40.4 Å². The third-order valence-electron chi connectivity index (χ3n) is 8.74. The largest absolute Gasteiger partial charge is 0.505 e. The van der Waals surface area contributed by atoms with Gasteiger partial charge in [-0.2, -0.15) is 10.2 Å². The molecule has 0 saturated carbocycles. The van der Waals surface area contributed by atoms with Gasteiger partial charge in [0.1, 0.15) is 28.6 Å². The van der Waals surface area contributed by atoms with Gasteiger partial charge in [-0.1, -0.05) is 36.4 Å². The third kappa shape index (κ3) is 8.93. The lowest BCUT2D eigenvalue weighted by molar-refractivity contribution is -0.120. The molecule has 15 heteroatoms. The first-order valence-corrected chi connectivity index (χ1v) is 17.1. The monoisotopic (exact) mass is 755 g/mol. The molecule has 0 spiro atoms. The Morgan fingerprint density at radius 3 is 1.77 bits per heavy atom. The smallest absolute Gasteiger partial charge is 0.298 e. The summed E-state index contributed by atoms with van der Waals surface area (Å²) < 4.78 is 15.8. The summed E-state index contributed by atoms with van der Waals surface area (Å²) >= 11 is 0. The number of hydrogen-bond acceptors (Lipinski definition) is 15. The molecule has 6 aromatic carbocycles. The van der Waals surface area contributed by atoms with Gasteiger partial charge in [-0.3, -0.25) is 4.79 Å². The molecular weight excluding hydrogens is 718 g/mol. The van der Waals surface area contributed by atoms with Crippen molar-refractivity contribution in [3.05, 3.63) is 119 Å². The predicted molar refractivity (Wildman–Crippen MR) is 209 cm³/mol. The minimum atomic E-state index is -0.426. The van der Waals surface area contributed by atoms with Gasteiger partial charge in [-0.05, 0) is 71.8 Å². The molecule has 0 heterocycles. The summed E-state index contributed by atoms with van der Waals surface area (Å²) in [6.45, 7) is -0.667. The van der Waals surface area contributed by atoms with Crippen molar-refractivity contribution in [3.8, 4) is 28.7 Å². The van der Waals surface area contributed by atoms with Crippen LogP contribution < -0.4 is 19.9 Å². The molecule has 0 bridgehead atoms. The maximum Gasteiger partial charge on any atom is 0.298 e. The number of rotatable bonds is 15. The molecule has 0 atom stereocenters. The average molecular weight is 756 g/mol. The van der Waals surface area contributed by atoms with E-state index in [2.05, 4.69) is 30.7 Å². The number of phenolic OH excluding ortho intramolecular Hbond substituents is 2. The molecule has 6 aromatic rings. The number of aryl methyl sites for hydroxylation is 2.